The van der Waals surface area contributed by atoms with E-state index in [0.717, 1.165) is 0 Å². The van der Waals surface area contributed by atoms with Crippen LogP contribution in [0.1, 0.15) is 12.0 Å². The first kappa shape index (κ1) is 14.7. The first-order valence-corrected chi connectivity index (χ1v) is 6.35. The molecular formula is C14H15N3O4. The zero-order chi connectivity index (χ0) is 15.2. The second kappa shape index (κ2) is 6.65. The van der Waals surface area contributed by atoms with Crippen molar-refractivity contribution < 1.29 is 20.1 Å². The lowest BCUT2D eigenvalue weighted by molar-refractivity contribution is -0.138. The number of phenolic OH excluding ortho intramolecular Hbond substituents is 2. The minimum Gasteiger partial charge on any atom is -0.508 e. The molecule has 1 aliphatic rings. The van der Waals surface area contributed by atoms with Gasteiger partial charge in [0.25, 0.3) is 0 Å². The third-order valence-corrected chi connectivity index (χ3v) is 2.98. The van der Waals surface area contributed by atoms with Crippen molar-refractivity contribution >= 4 is 24.2 Å². The predicted octanol–water partition coefficient (Wildman–Crippen LogP) is 1.04. The molecule has 110 valence electrons. The topological polar surface area (TPSA) is 115 Å². The fourth-order valence-corrected chi connectivity index (χ4v) is 1.86. The summed E-state index contributed by atoms with van der Waals surface area (Å²) in [5.41, 5.74) is 1.24. The summed E-state index contributed by atoms with van der Waals surface area (Å²) in [6.07, 6.45) is 3.35. The molecule has 0 radical (unpaired) electrons. The minimum atomic E-state index is -1.03. The smallest absolute Gasteiger partial charge is 0.328 e. The van der Waals surface area contributed by atoms with Crippen molar-refractivity contribution in [1.29, 1.82) is 0 Å². The molecular weight excluding hydrogens is 274 g/mol. The summed E-state index contributed by atoms with van der Waals surface area (Å²) in [5.74, 6) is -1.12. The first-order valence-electron chi connectivity index (χ1n) is 6.35. The first-order chi connectivity index (χ1) is 10.1. The number of rotatable bonds is 6. The van der Waals surface area contributed by atoms with E-state index in [9.17, 15) is 15.0 Å². The van der Waals surface area contributed by atoms with Gasteiger partial charge in [-0.15, -0.1) is 0 Å². The van der Waals surface area contributed by atoms with E-state index < -0.39 is 12.0 Å². The van der Waals surface area contributed by atoms with Crippen LogP contribution in [-0.4, -0.2) is 52.1 Å². The van der Waals surface area contributed by atoms with Gasteiger partial charge in [0.2, 0.25) is 0 Å². The van der Waals surface area contributed by atoms with Gasteiger partial charge in [-0.2, -0.15) is 0 Å². The third-order valence-electron chi connectivity index (χ3n) is 2.98. The van der Waals surface area contributed by atoms with Crippen LogP contribution in [0.5, 0.6) is 11.5 Å². The zero-order valence-electron chi connectivity index (χ0n) is 11.2. The number of hydrogen-bond donors (Lipinski definition) is 3. The van der Waals surface area contributed by atoms with Crippen LogP contribution in [0.2, 0.25) is 0 Å². The monoisotopic (exact) mass is 289 g/mol. The van der Waals surface area contributed by atoms with E-state index in [2.05, 4.69) is 15.0 Å². The predicted molar refractivity (Wildman–Crippen MR) is 78.8 cm³/mol. The molecule has 0 aliphatic carbocycles. The molecule has 0 saturated heterocycles. The van der Waals surface area contributed by atoms with Crippen LogP contribution in [0.25, 0.3) is 0 Å². The van der Waals surface area contributed by atoms with Crippen LogP contribution in [0, 0.1) is 0 Å². The lowest BCUT2D eigenvalue weighted by Crippen LogP contribution is -2.22. The van der Waals surface area contributed by atoms with Gasteiger partial charge in [0, 0.05) is 30.8 Å². The molecule has 0 aromatic heterocycles. The van der Waals surface area contributed by atoms with E-state index in [-0.39, 0.29) is 24.3 Å². The Balaban J connectivity index is 1.98. The zero-order valence-corrected chi connectivity index (χ0v) is 11.2. The summed E-state index contributed by atoms with van der Waals surface area (Å²) in [6, 6.07) is 3.32. The van der Waals surface area contributed by atoms with E-state index in [0.29, 0.717) is 17.8 Å². The molecule has 1 heterocycles. The quantitative estimate of drug-likeness (QED) is 0.678. The molecule has 0 fully saturated rings. The van der Waals surface area contributed by atoms with Crippen molar-refractivity contribution in [1.82, 2.24) is 0 Å². The number of aromatic hydroxyl groups is 2. The number of nitrogens with zero attached hydrogens (tertiary/aromatic N) is 3. The number of benzene rings is 1. The van der Waals surface area contributed by atoms with Crippen LogP contribution in [0.3, 0.4) is 0 Å². The SMILES string of the molecule is O=C(O)[C@H](CC1=NC=NC1)N=CCc1ccc(O)cc1O. The van der Waals surface area contributed by atoms with Gasteiger partial charge in [0.15, 0.2) is 6.04 Å². The lowest BCUT2D eigenvalue weighted by Gasteiger charge is -2.07. The van der Waals surface area contributed by atoms with Gasteiger partial charge in [-0.05, 0) is 11.6 Å². The number of carboxylic acids is 1. The van der Waals surface area contributed by atoms with Crippen LogP contribution in [0.4, 0.5) is 0 Å². The number of aliphatic imine (C=N–C) groups is 3. The molecule has 21 heavy (non-hydrogen) atoms. The van der Waals surface area contributed by atoms with Crippen LogP contribution < -0.4 is 0 Å². The highest BCUT2D eigenvalue weighted by atomic mass is 16.4. The summed E-state index contributed by atoms with van der Waals surface area (Å²) < 4.78 is 0. The Labute approximate surface area is 121 Å². The van der Waals surface area contributed by atoms with Crippen molar-refractivity contribution in [3.05, 3.63) is 23.8 Å². The number of hydrogen-bond acceptors (Lipinski definition) is 6. The second-order valence-electron chi connectivity index (χ2n) is 4.56. The Bertz CT molecular complexity index is 623. The maximum absolute atomic E-state index is 11.1. The van der Waals surface area contributed by atoms with E-state index in [1.165, 1.54) is 24.7 Å². The summed E-state index contributed by atoms with van der Waals surface area (Å²) in [6.45, 7) is 0.415. The molecule has 7 heteroatoms. The van der Waals surface area contributed by atoms with E-state index >= 15 is 0 Å². The van der Waals surface area contributed by atoms with Gasteiger partial charge >= 0.3 is 5.97 Å². The Kier molecular flexibility index (Phi) is 4.65. The van der Waals surface area contributed by atoms with Crippen LogP contribution in [0.15, 0.2) is 33.2 Å². The van der Waals surface area contributed by atoms with Gasteiger partial charge in [-0.3, -0.25) is 9.98 Å². The number of carboxylic acid groups (broad SMARTS) is 1. The van der Waals surface area contributed by atoms with E-state index in [1.54, 1.807) is 6.07 Å². The van der Waals surface area contributed by atoms with Crippen molar-refractivity contribution in [2.24, 2.45) is 15.0 Å². The third kappa shape index (κ3) is 4.13. The van der Waals surface area contributed by atoms with E-state index in [4.69, 9.17) is 5.11 Å². The van der Waals surface area contributed by atoms with Gasteiger partial charge in [-0.1, -0.05) is 6.07 Å². The summed E-state index contributed by atoms with van der Waals surface area (Å²) in [4.78, 5) is 23.0. The maximum Gasteiger partial charge on any atom is 0.328 e. The van der Waals surface area contributed by atoms with Crippen LogP contribution in [-0.2, 0) is 11.2 Å². The number of phenols is 2. The molecule has 3 N–H and O–H groups in total. The lowest BCUT2D eigenvalue weighted by atomic mass is 10.1. The molecule has 0 amide bonds. The maximum atomic E-state index is 11.1. The molecule has 1 atom stereocenters. The Morgan fingerprint density at radius 2 is 2.24 bits per heavy atom. The highest BCUT2D eigenvalue weighted by Crippen LogP contribution is 2.22. The molecule has 7 nitrogen and oxygen atoms in total. The van der Waals surface area contributed by atoms with Gasteiger partial charge < -0.3 is 15.3 Å². The van der Waals surface area contributed by atoms with Crippen molar-refractivity contribution in [2.75, 3.05) is 6.54 Å². The molecule has 0 bridgehead atoms. The fraction of sp³-hybridized carbons (Fsp3) is 0.286. The number of aliphatic carboxylic acids is 1. The second-order valence-corrected chi connectivity index (χ2v) is 4.56. The van der Waals surface area contributed by atoms with Crippen LogP contribution >= 0.6 is 0 Å². The minimum absolute atomic E-state index is 0.0316. The van der Waals surface area contributed by atoms with Gasteiger partial charge in [-0.25, -0.2) is 9.79 Å². The largest absolute Gasteiger partial charge is 0.508 e. The molecule has 2 rings (SSSR count). The fourth-order valence-electron chi connectivity index (χ4n) is 1.86. The van der Waals surface area contributed by atoms with Crippen molar-refractivity contribution in [2.45, 2.75) is 18.9 Å². The molecule has 0 saturated carbocycles. The molecule has 0 spiro atoms. The van der Waals surface area contributed by atoms with E-state index in [1.807, 2.05) is 0 Å². The average Bonchev–Trinajstić information content (AvgIpc) is 2.92. The van der Waals surface area contributed by atoms with Gasteiger partial charge in [0.1, 0.15) is 17.8 Å². The Morgan fingerprint density at radius 1 is 1.43 bits per heavy atom. The van der Waals surface area contributed by atoms with Crippen molar-refractivity contribution in [3.8, 4) is 11.5 Å². The molecule has 1 aromatic rings. The van der Waals surface area contributed by atoms with Gasteiger partial charge in [0.05, 0.1) is 6.54 Å². The Hall–Kier alpha value is -2.70. The summed E-state index contributed by atoms with van der Waals surface area (Å²) in [7, 11) is 0. The molecule has 1 aromatic carbocycles. The standard InChI is InChI=1S/C14H15N3O4/c18-11-2-1-9(13(19)6-11)3-4-16-12(14(20)21)5-10-7-15-8-17-10/h1-2,4,6,8,12,18-19H,3,5,7H2,(H,20,21)/t12-/m0/s1. The highest BCUT2D eigenvalue weighted by Gasteiger charge is 2.19. The highest BCUT2D eigenvalue weighted by molar-refractivity contribution is 5.98. The average molecular weight is 289 g/mol. The van der Waals surface area contributed by atoms with Crippen molar-refractivity contribution in [3.63, 3.8) is 0 Å². The molecule has 0 unspecified atom stereocenters. The normalized spacial score (nSPS) is 15.3. The summed E-state index contributed by atoms with van der Waals surface area (Å²) in [5, 5.41) is 27.9. The number of carbonyl (C=O) groups is 1. The Morgan fingerprint density at radius 3 is 2.86 bits per heavy atom. The summed E-state index contributed by atoms with van der Waals surface area (Å²) >= 11 is 0. The molecule has 1 aliphatic heterocycles.